The lowest BCUT2D eigenvalue weighted by molar-refractivity contribution is 0.300. The van der Waals surface area contributed by atoms with Crippen molar-refractivity contribution in [1.82, 2.24) is 0 Å². The standard InChI is InChI=1S/C8H11BO3/c10-6-5-7-3-1-2-4-8(7)9(11)12/h1-4,10-12H,5-6H2. The van der Waals surface area contributed by atoms with E-state index in [0.29, 0.717) is 11.9 Å². The highest BCUT2D eigenvalue weighted by molar-refractivity contribution is 6.59. The molecule has 3 nitrogen and oxygen atoms in total. The van der Waals surface area contributed by atoms with Crippen LogP contribution in [0.25, 0.3) is 0 Å². The Morgan fingerprint density at radius 3 is 2.42 bits per heavy atom. The molecule has 0 amide bonds. The second kappa shape index (κ2) is 4.26. The van der Waals surface area contributed by atoms with Gasteiger partial charge in [0.2, 0.25) is 0 Å². The third-order valence-corrected chi connectivity index (χ3v) is 1.71. The van der Waals surface area contributed by atoms with Crippen molar-refractivity contribution >= 4 is 12.6 Å². The van der Waals surface area contributed by atoms with E-state index in [9.17, 15) is 0 Å². The van der Waals surface area contributed by atoms with Crippen LogP contribution in [0.3, 0.4) is 0 Å². The minimum atomic E-state index is -1.45. The monoisotopic (exact) mass is 166 g/mol. The molecule has 0 bridgehead atoms. The number of hydrogen-bond donors (Lipinski definition) is 3. The molecule has 0 atom stereocenters. The molecule has 0 unspecified atom stereocenters. The summed E-state index contributed by atoms with van der Waals surface area (Å²) in [7, 11) is -1.45. The highest BCUT2D eigenvalue weighted by Crippen LogP contribution is 1.97. The SMILES string of the molecule is OCCc1ccccc1B(O)O. The summed E-state index contributed by atoms with van der Waals surface area (Å²) < 4.78 is 0. The van der Waals surface area contributed by atoms with Crippen molar-refractivity contribution in [3.63, 3.8) is 0 Å². The van der Waals surface area contributed by atoms with E-state index < -0.39 is 7.12 Å². The van der Waals surface area contributed by atoms with Crippen molar-refractivity contribution in [1.29, 1.82) is 0 Å². The number of aliphatic hydroxyl groups excluding tert-OH is 1. The Hall–Kier alpha value is -0.835. The third kappa shape index (κ3) is 2.07. The quantitative estimate of drug-likeness (QED) is 0.499. The van der Waals surface area contributed by atoms with Gasteiger partial charge in [-0.3, -0.25) is 0 Å². The molecular formula is C8H11BO3. The van der Waals surface area contributed by atoms with Crippen LogP contribution in [0.4, 0.5) is 0 Å². The van der Waals surface area contributed by atoms with Crippen LogP contribution in [0.5, 0.6) is 0 Å². The lowest BCUT2D eigenvalue weighted by atomic mass is 9.76. The molecule has 0 radical (unpaired) electrons. The van der Waals surface area contributed by atoms with E-state index in [-0.39, 0.29) is 6.61 Å². The van der Waals surface area contributed by atoms with Gasteiger partial charge < -0.3 is 15.2 Å². The lowest BCUT2D eigenvalue weighted by Gasteiger charge is -2.05. The van der Waals surface area contributed by atoms with Crippen molar-refractivity contribution in [3.8, 4) is 0 Å². The Labute approximate surface area is 71.4 Å². The van der Waals surface area contributed by atoms with Gasteiger partial charge in [0.1, 0.15) is 0 Å². The Kier molecular flexibility index (Phi) is 3.28. The molecule has 0 saturated carbocycles. The summed E-state index contributed by atoms with van der Waals surface area (Å²) in [4.78, 5) is 0. The lowest BCUT2D eigenvalue weighted by Crippen LogP contribution is -2.33. The van der Waals surface area contributed by atoms with Crippen LogP contribution in [-0.2, 0) is 6.42 Å². The van der Waals surface area contributed by atoms with E-state index in [1.807, 2.05) is 0 Å². The van der Waals surface area contributed by atoms with Crippen molar-refractivity contribution in [3.05, 3.63) is 29.8 Å². The zero-order chi connectivity index (χ0) is 8.97. The van der Waals surface area contributed by atoms with Crippen molar-refractivity contribution in [2.24, 2.45) is 0 Å². The third-order valence-electron chi connectivity index (χ3n) is 1.71. The van der Waals surface area contributed by atoms with Crippen LogP contribution < -0.4 is 5.46 Å². The smallest absolute Gasteiger partial charge is 0.423 e. The second-order valence-corrected chi connectivity index (χ2v) is 2.55. The van der Waals surface area contributed by atoms with Gasteiger partial charge in [0.05, 0.1) is 0 Å². The molecule has 0 aliphatic rings. The second-order valence-electron chi connectivity index (χ2n) is 2.55. The molecule has 12 heavy (non-hydrogen) atoms. The van der Waals surface area contributed by atoms with Crippen LogP contribution in [0, 0.1) is 0 Å². The summed E-state index contributed by atoms with van der Waals surface area (Å²) in [5, 5.41) is 26.5. The van der Waals surface area contributed by atoms with Crippen molar-refractivity contribution < 1.29 is 15.2 Å². The Morgan fingerprint density at radius 1 is 1.17 bits per heavy atom. The first-order valence-electron chi connectivity index (χ1n) is 3.80. The van der Waals surface area contributed by atoms with Gasteiger partial charge in [-0.2, -0.15) is 0 Å². The van der Waals surface area contributed by atoms with Crippen LogP contribution in [0.15, 0.2) is 24.3 Å². The molecule has 0 aliphatic heterocycles. The van der Waals surface area contributed by atoms with Crippen LogP contribution in [-0.4, -0.2) is 28.9 Å². The Morgan fingerprint density at radius 2 is 1.83 bits per heavy atom. The van der Waals surface area contributed by atoms with E-state index in [4.69, 9.17) is 15.2 Å². The summed E-state index contributed by atoms with van der Waals surface area (Å²) in [5.74, 6) is 0. The first-order valence-corrected chi connectivity index (χ1v) is 3.80. The molecule has 0 spiro atoms. The topological polar surface area (TPSA) is 60.7 Å². The van der Waals surface area contributed by atoms with Gasteiger partial charge in [-0.25, -0.2) is 0 Å². The predicted molar refractivity (Wildman–Crippen MR) is 47.1 cm³/mol. The average molecular weight is 166 g/mol. The number of rotatable bonds is 3. The van der Waals surface area contributed by atoms with Gasteiger partial charge in [0.25, 0.3) is 0 Å². The molecule has 0 saturated heterocycles. The van der Waals surface area contributed by atoms with Crippen molar-refractivity contribution in [2.75, 3.05) is 6.61 Å². The summed E-state index contributed by atoms with van der Waals surface area (Å²) in [6, 6.07) is 6.94. The highest BCUT2D eigenvalue weighted by atomic mass is 16.4. The number of hydrogen-bond acceptors (Lipinski definition) is 3. The van der Waals surface area contributed by atoms with Gasteiger partial charge in [-0.15, -0.1) is 0 Å². The van der Waals surface area contributed by atoms with Gasteiger partial charge >= 0.3 is 7.12 Å². The fourth-order valence-electron chi connectivity index (χ4n) is 1.13. The molecule has 3 N–H and O–H groups in total. The van der Waals surface area contributed by atoms with Gasteiger partial charge in [-0.1, -0.05) is 24.3 Å². The first kappa shape index (κ1) is 9.25. The molecular weight excluding hydrogens is 155 g/mol. The maximum absolute atomic E-state index is 8.91. The zero-order valence-corrected chi connectivity index (χ0v) is 6.64. The molecule has 4 heteroatoms. The summed E-state index contributed by atoms with van der Waals surface area (Å²) in [5.41, 5.74) is 1.24. The largest absolute Gasteiger partial charge is 0.488 e. The Bertz CT molecular complexity index is 250. The molecule has 1 aromatic rings. The molecule has 0 aliphatic carbocycles. The normalized spacial score (nSPS) is 9.92. The van der Waals surface area contributed by atoms with Crippen LogP contribution in [0.2, 0.25) is 0 Å². The van der Waals surface area contributed by atoms with E-state index in [2.05, 4.69) is 0 Å². The molecule has 0 aromatic heterocycles. The summed E-state index contributed by atoms with van der Waals surface area (Å²) >= 11 is 0. The van der Waals surface area contributed by atoms with Gasteiger partial charge in [0, 0.05) is 6.61 Å². The number of benzene rings is 1. The Balaban J connectivity index is 2.92. The van der Waals surface area contributed by atoms with E-state index in [0.717, 1.165) is 5.56 Å². The number of aliphatic hydroxyl groups is 1. The van der Waals surface area contributed by atoms with E-state index in [1.165, 1.54) is 0 Å². The maximum Gasteiger partial charge on any atom is 0.488 e. The highest BCUT2D eigenvalue weighted by Gasteiger charge is 2.13. The van der Waals surface area contributed by atoms with Gasteiger partial charge in [-0.05, 0) is 17.4 Å². The minimum Gasteiger partial charge on any atom is -0.423 e. The van der Waals surface area contributed by atoms with Crippen LogP contribution in [0.1, 0.15) is 5.56 Å². The molecule has 0 fully saturated rings. The zero-order valence-electron chi connectivity index (χ0n) is 6.64. The van der Waals surface area contributed by atoms with E-state index >= 15 is 0 Å². The molecule has 1 rings (SSSR count). The minimum absolute atomic E-state index is 0.0176. The average Bonchev–Trinajstić information content (AvgIpc) is 2.05. The first-order chi connectivity index (χ1) is 5.75. The van der Waals surface area contributed by atoms with Crippen LogP contribution >= 0.6 is 0 Å². The van der Waals surface area contributed by atoms with Gasteiger partial charge in [0.15, 0.2) is 0 Å². The fourth-order valence-corrected chi connectivity index (χ4v) is 1.13. The molecule has 0 heterocycles. The predicted octanol–water partition coefficient (Wildman–Crippen LogP) is -1.10. The fraction of sp³-hybridized carbons (Fsp3) is 0.250. The van der Waals surface area contributed by atoms with Crippen molar-refractivity contribution in [2.45, 2.75) is 6.42 Å². The molecule has 1 aromatic carbocycles. The summed E-state index contributed by atoms with van der Waals surface area (Å²) in [6.45, 7) is 0.0176. The summed E-state index contributed by atoms with van der Waals surface area (Å²) in [6.07, 6.45) is 0.452. The molecule has 64 valence electrons. The van der Waals surface area contributed by atoms with E-state index in [1.54, 1.807) is 24.3 Å². The maximum atomic E-state index is 8.91.